The van der Waals surface area contributed by atoms with Crippen LogP contribution in [0.1, 0.15) is 41.9 Å². The Morgan fingerprint density at radius 3 is 2.56 bits per heavy atom. The van der Waals surface area contributed by atoms with E-state index in [1.54, 1.807) is 11.3 Å². The van der Waals surface area contributed by atoms with Crippen molar-refractivity contribution in [2.24, 2.45) is 5.92 Å². The Morgan fingerprint density at radius 2 is 1.88 bits per heavy atom. The minimum absolute atomic E-state index is 0.0321. The van der Waals surface area contributed by atoms with Gasteiger partial charge in [-0.15, -0.1) is 11.3 Å². The number of carbonyl (C=O) groups is 2. The summed E-state index contributed by atoms with van der Waals surface area (Å²) >= 11 is 1.58. The van der Waals surface area contributed by atoms with Crippen LogP contribution in [0.15, 0.2) is 35.7 Å². The third-order valence-electron chi connectivity index (χ3n) is 4.58. The minimum Gasteiger partial charge on any atom is -0.481 e. The summed E-state index contributed by atoms with van der Waals surface area (Å²) in [7, 11) is 0. The van der Waals surface area contributed by atoms with Crippen LogP contribution in [0.3, 0.4) is 0 Å². The lowest BCUT2D eigenvalue weighted by Gasteiger charge is -2.26. The molecule has 0 unspecified atom stereocenters. The maximum Gasteiger partial charge on any atom is 0.306 e. The van der Waals surface area contributed by atoms with Crippen molar-refractivity contribution in [1.29, 1.82) is 0 Å². The van der Waals surface area contributed by atoms with Crippen LogP contribution in [0, 0.1) is 5.92 Å². The average molecular weight is 358 g/mol. The molecule has 25 heavy (non-hydrogen) atoms. The molecule has 0 bridgehead atoms. The van der Waals surface area contributed by atoms with Crippen LogP contribution in [0.5, 0.6) is 0 Å². The molecule has 2 N–H and O–H groups in total. The molecule has 1 aromatic heterocycles. The number of benzene rings is 1. The summed E-state index contributed by atoms with van der Waals surface area (Å²) in [6.45, 7) is 0. The average Bonchev–Trinajstić information content (AvgIpc) is 3.03. The van der Waals surface area contributed by atoms with Gasteiger partial charge in [-0.2, -0.15) is 0 Å². The maximum absolute atomic E-state index is 12.2. The van der Waals surface area contributed by atoms with E-state index in [0.29, 0.717) is 12.8 Å². The highest BCUT2D eigenvalue weighted by Gasteiger charge is 2.26. The van der Waals surface area contributed by atoms with Crippen molar-refractivity contribution in [3.8, 4) is 0 Å². The van der Waals surface area contributed by atoms with Crippen molar-refractivity contribution < 1.29 is 14.7 Å². The number of hydrogen-bond donors (Lipinski definition) is 2. The molecule has 6 heteroatoms. The van der Waals surface area contributed by atoms with Gasteiger partial charge >= 0.3 is 5.97 Å². The van der Waals surface area contributed by atoms with Crippen LogP contribution in [0.2, 0.25) is 0 Å². The number of amides is 1. The van der Waals surface area contributed by atoms with Gasteiger partial charge in [0.05, 0.1) is 23.0 Å². The van der Waals surface area contributed by atoms with Crippen molar-refractivity contribution in [1.82, 2.24) is 10.3 Å². The smallest absolute Gasteiger partial charge is 0.306 e. The van der Waals surface area contributed by atoms with Crippen molar-refractivity contribution in [3.63, 3.8) is 0 Å². The van der Waals surface area contributed by atoms with Crippen molar-refractivity contribution in [2.45, 2.75) is 44.6 Å². The van der Waals surface area contributed by atoms with Crippen molar-refractivity contribution in [2.75, 3.05) is 0 Å². The Hall–Kier alpha value is -2.21. The van der Waals surface area contributed by atoms with E-state index in [0.717, 1.165) is 30.0 Å². The topological polar surface area (TPSA) is 79.3 Å². The van der Waals surface area contributed by atoms with Gasteiger partial charge in [-0.05, 0) is 31.2 Å². The summed E-state index contributed by atoms with van der Waals surface area (Å²) < 4.78 is 0. The first-order valence-electron chi connectivity index (χ1n) is 8.59. The number of aliphatic carboxylic acids is 1. The van der Waals surface area contributed by atoms with Gasteiger partial charge in [0.15, 0.2) is 0 Å². The molecule has 1 fully saturated rings. The summed E-state index contributed by atoms with van der Waals surface area (Å²) in [5, 5.41) is 15.0. The largest absolute Gasteiger partial charge is 0.481 e. The molecule has 132 valence electrons. The maximum atomic E-state index is 12.2. The summed E-state index contributed by atoms with van der Waals surface area (Å²) in [6.07, 6.45) is 3.81. The van der Waals surface area contributed by atoms with Gasteiger partial charge < -0.3 is 10.4 Å². The molecular formula is C19H22N2O3S. The lowest BCUT2D eigenvalue weighted by molar-refractivity contribution is -0.142. The Kier molecular flexibility index (Phi) is 5.81. The standard InChI is InChI=1S/C19H22N2O3S/c22-17(20-15-8-6-14(7-9-15)19(23)24)11-16-12-25-18(21-16)10-13-4-2-1-3-5-13/h1-5,12,14-15H,6-11H2,(H,20,22)(H,23,24). The van der Waals surface area contributed by atoms with E-state index in [4.69, 9.17) is 5.11 Å². The van der Waals surface area contributed by atoms with Crippen LogP contribution < -0.4 is 5.32 Å². The second kappa shape index (κ2) is 8.25. The highest BCUT2D eigenvalue weighted by atomic mass is 32.1. The van der Waals surface area contributed by atoms with Gasteiger partial charge in [0.2, 0.25) is 5.91 Å². The molecule has 0 saturated heterocycles. The molecule has 1 aliphatic rings. The fourth-order valence-electron chi connectivity index (χ4n) is 3.21. The third-order valence-corrected chi connectivity index (χ3v) is 5.48. The van der Waals surface area contributed by atoms with E-state index in [1.807, 2.05) is 23.6 Å². The predicted octanol–water partition coefficient (Wildman–Crippen LogP) is 3.04. The summed E-state index contributed by atoms with van der Waals surface area (Å²) in [5.41, 5.74) is 2.01. The molecular weight excluding hydrogens is 336 g/mol. The lowest BCUT2D eigenvalue weighted by Crippen LogP contribution is -2.39. The lowest BCUT2D eigenvalue weighted by atomic mass is 9.86. The Bertz CT molecular complexity index is 721. The summed E-state index contributed by atoms with van der Waals surface area (Å²) in [6, 6.07) is 10.2. The zero-order valence-electron chi connectivity index (χ0n) is 14.0. The Balaban J connectivity index is 1.46. The van der Waals surface area contributed by atoms with Gasteiger partial charge in [0.1, 0.15) is 0 Å². The second-order valence-corrected chi connectivity index (χ2v) is 7.47. The minimum atomic E-state index is -0.724. The van der Waals surface area contributed by atoms with Crippen LogP contribution >= 0.6 is 11.3 Å². The van der Waals surface area contributed by atoms with Gasteiger partial charge in [-0.25, -0.2) is 4.98 Å². The third kappa shape index (κ3) is 5.13. The number of hydrogen-bond acceptors (Lipinski definition) is 4. The number of carbonyl (C=O) groups excluding carboxylic acids is 1. The molecule has 1 saturated carbocycles. The Morgan fingerprint density at radius 1 is 1.16 bits per heavy atom. The fourth-order valence-corrected chi connectivity index (χ4v) is 4.04. The van der Waals surface area contributed by atoms with Crippen LogP contribution in [0.25, 0.3) is 0 Å². The quantitative estimate of drug-likeness (QED) is 0.832. The van der Waals surface area contributed by atoms with Crippen LogP contribution in [0.4, 0.5) is 0 Å². The number of rotatable bonds is 6. The molecule has 0 radical (unpaired) electrons. The number of carboxylic acids is 1. The SMILES string of the molecule is O=C(Cc1csc(Cc2ccccc2)n1)NC1CCC(C(=O)O)CC1. The summed E-state index contributed by atoms with van der Waals surface area (Å²) in [5.74, 6) is -1.01. The zero-order chi connectivity index (χ0) is 17.6. The van der Waals surface area contributed by atoms with Crippen LogP contribution in [-0.4, -0.2) is 28.0 Å². The molecule has 1 amide bonds. The van der Waals surface area contributed by atoms with Gasteiger partial charge in [0, 0.05) is 17.8 Å². The number of aromatic nitrogens is 1. The Labute approximate surface area is 151 Å². The molecule has 3 rings (SSSR count). The van der Waals surface area contributed by atoms with E-state index in [1.165, 1.54) is 5.56 Å². The molecule has 0 spiro atoms. The van der Waals surface area contributed by atoms with Crippen LogP contribution in [-0.2, 0) is 22.4 Å². The van der Waals surface area contributed by atoms with E-state index in [2.05, 4.69) is 22.4 Å². The molecule has 1 heterocycles. The zero-order valence-corrected chi connectivity index (χ0v) is 14.8. The van der Waals surface area contributed by atoms with Gasteiger partial charge in [-0.3, -0.25) is 9.59 Å². The first kappa shape index (κ1) is 17.6. The highest BCUT2D eigenvalue weighted by Crippen LogP contribution is 2.24. The van der Waals surface area contributed by atoms with Gasteiger partial charge in [0.25, 0.3) is 0 Å². The monoisotopic (exact) mass is 358 g/mol. The second-order valence-electron chi connectivity index (χ2n) is 6.53. The predicted molar refractivity (Wildman–Crippen MR) is 96.6 cm³/mol. The molecule has 1 aromatic carbocycles. The first-order valence-corrected chi connectivity index (χ1v) is 9.47. The molecule has 1 aliphatic carbocycles. The molecule has 5 nitrogen and oxygen atoms in total. The van der Waals surface area contributed by atoms with E-state index in [9.17, 15) is 9.59 Å². The van der Waals surface area contributed by atoms with Crippen molar-refractivity contribution >= 4 is 23.2 Å². The molecule has 0 aliphatic heterocycles. The van der Waals surface area contributed by atoms with Gasteiger partial charge in [-0.1, -0.05) is 30.3 Å². The molecule has 0 atom stereocenters. The van der Waals surface area contributed by atoms with E-state index in [-0.39, 0.29) is 24.3 Å². The van der Waals surface area contributed by atoms with E-state index >= 15 is 0 Å². The fraction of sp³-hybridized carbons (Fsp3) is 0.421. The normalized spacial score (nSPS) is 20.2. The summed E-state index contributed by atoms with van der Waals surface area (Å²) in [4.78, 5) is 27.7. The number of thiazole rings is 1. The number of nitrogens with zero attached hydrogens (tertiary/aromatic N) is 1. The van der Waals surface area contributed by atoms with E-state index < -0.39 is 5.97 Å². The first-order chi connectivity index (χ1) is 12.1. The highest BCUT2D eigenvalue weighted by molar-refractivity contribution is 7.09. The van der Waals surface area contributed by atoms with Crippen molar-refractivity contribution in [3.05, 3.63) is 52.0 Å². The number of carboxylic acid groups (broad SMARTS) is 1. The molecule has 2 aromatic rings. The number of nitrogens with one attached hydrogen (secondary N) is 1.